The highest BCUT2D eigenvalue weighted by Crippen LogP contribution is 2.28. The maximum atomic E-state index is 12.5. The molecule has 138 valence electrons. The van der Waals surface area contributed by atoms with E-state index in [4.69, 9.17) is 9.78 Å². The van der Waals surface area contributed by atoms with Crippen LogP contribution in [-0.4, -0.2) is 11.9 Å². The van der Waals surface area contributed by atoms with Gasteiger partial charge < -0.3 is 0 Å². The van der Waals surface area contributed by atoms with Crippen molar-refractivity contribution in [2.45, 2.75) is 39.5 Å². The molecule has 2 unspecified atom stereocenters. The fourth-order valence-corrected chi connectivity index (χ4v) is 3.09. The predicted octanol–water partition coefficient (Wildman–Crippen LogP) is 4.87. The monoisotopic (exact) mass is 354 g/mol. The van der Waals surface area contributed by atoms with Gasteiger partial charge in [-0.1, -0.05) is 88.4 Å². The van der Waals surface area contributed by atoms with Gasteiger partial charge in [-0.05, 0) is 23.0 Å². The summed E-state index contributed by atoms with van der Waals surface area (Å²) in [5.74, 6) is -2.07. The lowest BCUT2D eigenvalue weighted by Gasteiger charge is -2.21. The molecule has 0 N–H and O–H groups in total. The van der Waals surface area contributed by atoms with Gasteiger partial charge >= 0.3 is 11.9 Å². The smallest absolute Gasteiger partial charge is 0.247 e. The van der Waals surface area contributed by atoms with Crippen molar-refractivity contribution in [2.75, 3.05) is 0 Å². The summed E-state index contributed by atoms with van der Waals surface area (Å²) in [4.78, 5) is 34.9. The standard InChI is InChI=1S/C22H26O4/c1-15(2)19(17-11-7-5-8-12-17)21(23)25-26-22(24)20(16(3)4)18-13-9-6-10-14-18/h5-16,19-20H,1-4H3. The highest BCUT2D eigenvalue weighted by Gasteiger charge is 2.31. The minimum absolute atomic E-state index is 0.0126. The van der Waals surface area contributed by atoms with Gasteiger partial charge in [0.15, 0.2) is 0 Å². The van der Waals surface area contributed by atoms with Crippen LogP contribution >= 0.6 is 0 Å². The van der Waals surface area contributed by atoms with Crippen molar-refractivity contribution < 1.29 is 19.4 Å². The Labute approximate surface area is 155 Å². The molecule has 0 heterocycles. The maximum Gasteiger partial charge on any atom is 0.363 e. The van der Waals surface area contributed by atoms with Crippen LogP contribution in [0.25, 0.3) is 0 Å². The summed E-state index contributed by atoms with van der Waals surface area (Å²) < 4.78 is 0. The minimum Gasteiger partial charge on any atom is -0.247 e. The molecular weight excluding hydrogens is 328 g/mol. The molecule has 2 rings (SSSR count). The minimum atomic E-state index is -0.560. The Morgan fingerprint density at radius 3 is 1.19 bits per heavy atom. The molecule has 0 aliphatic carbocycles. The second kappa shape index (κ2) is 9.18. The van der Waals surface area contributed by atoms with Gasteiger partial charge in [0.05, 0.1) is 11.8 Å². The zero-order chi connectivity index (χ0) is 19.1. The van der Waals surface area contributed by atoms with E-state index in [9.17, 15) is 9.59 Å². The molecule has 0 radical (unpaired) electrons. The van der Waals surface area contributed by atoms with E-state index in [1.54, 1.807) is 0 Å². The van der Waals surface area contributed by atoms with E-state index in [2.05, 4.69) is 0 Å². The van der Waals surface area contributed by atoms with Crippen LogP contribution in [0.4, 0.5) is 0 Å². The lowest BCUT2D eigenvalue weighted by atomic mass is 9.88. The van der Waals surface area contributed by atoms with Gasteiger partial charge in [-0.2, -0.15) is 0 Å². The average Bonchev–Trinajstić information content (AvgIpc) is 2.61. The number of hydrogen-bond acceptors (Lipinski definition) is 4. The van der Waals surface area contributed by atoms with E-state index in [-0.39, 0.29) is 11.8 Å². The summed E-state index contributed by atoms with van der Waals surface area (Å²) in [7, 11) is 0. The van der Waals surface area contributed by atoms with Gasteiger partial charge in [0.1, 0.15) is 0 Å². The summed E-state index contributed by atoms with van der Waals surface area (Å²) >= 11 is 0. The van der Waals surface area contributed by atoms with Crippen molar-refractivity contribution in [1.82, 2.24) is 0 Å². The average molecular weight is 354 g/mol. The Morgan fingerprint density at radius 2 is 0.923 bits per heavy atom. The van der Waals surface area contributed by atoms with E-state index in [0.717, 1.165) is 11.1 Å². The van der Waals surface area contributed by atoms with Crippen LogP contribution in [0.15, 0.2) is 60.7 Å². The number of benzene rings is 2. The van der Waals surface area contributed by atoms with Gasteiger partial charge in [-0.3, -0.25) is 0 Å². The van der Waals surface area contributed by atoms with Gasteiger partial charge in [-0.25, -0.2) is 19.4 Å². The van der Waals surface area contributed by atoms with Gasteiger partial charge in [0, 0.05) is 0 Å². The van der Waals surface area contributed by atoms with E-state index in [0.29, 0.717) is 0 Å². The highest BCUT2D eigenvalue weighted by atomic mass is 17.2. The zero-order valence-electron chi connectivity index (χ0n) is 15.7. The molecule has 0 bridgehead atoms. The van der Waals surface area contributed by atoms with Crippen molar-refractivity contribution in [3.8, 4) is 0 Å². The summed E-state index contributed by atoms with van der Waals surface area (Å²) in [6.07, 6.45) is 0. The van der Waals surface area contributed by atoms with Crippen molar-refractivity contribution in [3.05, 3.63) is 71.8 Å². The molecule has 2 atom stereocenters. The van der Waals surface area contributed by atoms with E-state index >= 15 is 0 Å². The van der Waals surface area contributed by atoms with Crippen molar-refractivity contribution >= 4 is 11.9 Å². The summed E-state index contributed by atoms with van der Waals surface area (Å²) in [5.41, 5.74) is 1.68. The Morgan fingerprint density at radius 1 is 0.615 bits per heavy atom. The number of carbonyl (C=O) groups is 2. The largest absolute Gasteiger partial charge is 0.363 e. The summed E-state index contributed by atoms with van der Waals surface area (Å²) in [6, 6.07) is 18.7. The van der Waals surface area contributed by atoms with Gasteiger partial charge in [-0.15, -0.1) is 0 Å². The van der Waals surface area contributed by atoms with Crippen LogP contribution in [0.3, 0.4) is 0 Å². The molecule has 0 aromatic heterocycles. The van der Waals surface area contributed by atoms with Crippen molar-refractivity contribution in [2.24, 2.45) is 11.8 Å². The first-order valence-electron chi connectivity index (χ1n) is 8.94. The Bertz CT molecular complexity index is 644. The molecule has 0 aliphatic heterocycles. The first-order valence-corrected chi connectivity index (χ1v) is 8.94. The van der Waals surface area contributed by atoms with Crippen molar-refractivity contribution in [3.63, 3.8) is 0 Å². The van der Waals surface area contributed by atoms with E-state index < -0.39 is 23.8 Å². The molecule has 0 spiro atoms. The fourth-order valence-electron chi connectivity index (χ4n) is 3.09. The molecule has 4 heteroatoms. The molecule has 2 aromatic carbocycles. The number of carbonyl (C=O) groups excluding carboxylic acids is 2. The van der Waals surface area contributed by atoms with Crippen molar-refractivity contribution in [1.29, 1.82) is 0 Å². The Kier molecular flexibility index (Phi) is 6.96. The van der Waals surface area contributed by atoms with Gasteiger partial charge in [0.25, 0.3) is 0 Å². The second-order valence-corrected chi connectivity index (χ2v) is 7.07. The lowest BCUT2D eigenvalue weighted by Crippen LogP contribution is -2.26. The first kappa shape index (κ1) is 19.7. The van der Waals surface area contributed by atoms with Crippen LogP contribution in [-0.2, 0) is 19.4 Å². The Hall–Kier alpha value is -2.62. The number of hydrogen-bond donors (Lipinski definition) is 0. The normalized spacial score (nSPS) is 13.3. The van der Waals surface area contributed by atoms with Crippen LogP contribution in [0.5, 0.6) is 0 Å². The molecular formula is C22H26O4. The Balaban J connectivity index is 2.08. The summed E-state index contributed by atoms with van der Waals surface area (Å²) in [6.45, 7) is 7.73. The molecule has 0 aliphatic rings. The molecule has 0 amide bonds. The topological polar surface area (TPSA) is 52.6 Å². The quantitative estimate of drug-likeness (QED) is 0.549. The third-order valence-corrected chi connectivity index (χ3v) is 4.36. The predicted molar refractivity (Wildman–Crippen MR) is 100 cm³/mol. The van der Waals surface area contributed by atoms with E-state index in [1.165, 1.54) is 0 Å². The van der Waals surface area contributed by atoms with Crippen LogP contribution < -0.4 is 0 Å². The zero-order valence-corrected chi connectivity index (χ0v) is 15.7. The number of rotatable bonds is 6. The third kappa shape index (κ3) is 4.94. The molecule has 4 nitrogen and oxygen atoms in total. The molecule has 0 saturated carbocycles. The SMILES string of the molecule is CC(C)C(C(=O)OOC(=O)C(c1ccccc1)C(C)C)c1ccccc1. The fraction of sp³-hybridized carbons (Fsp3) is 0.364. The molecule has 2 aromatic rings. The van der Waals surface area contributed by atoms with E-state index in [1.807, 2.05) is 88.4 Å². The van der Waals surface area contributed by atoms with Crippen LogP contribution in [0, 0.1) is 11.8 Å². The summed E-state index contributed by atoms with van der Waals surface area (Å²) in [5, 5.41) is 0. The second-order valence-electron chi connectivity index (χ2n) is 7.07. The lowest BCUT2D eigenvalue weighted by molar-refractivity contribution is -0.262. The molecule has 0 saturated heterocycles. The molecule has 26 heavy (non-hydrogen) atoms. The molecule has 0 fully saturated rings. The first-order chi connectivity index (χ1) is 12.4. The van der Waals surface area contributed by atoms with Crippen LogP contribution in [0.1, 0.15) is 50.7 Å². The highest BCUT2D eigenvalue weighted by molar-refractivity contribution is 5.81. The van der Waals surface area contributed by atoms with Crippen LogP contribution in [0.2, 0.25) is 0 Å². The van der Waals surface area contributed by atoms with Gasteiger partial charge in [0.2, 0.25) is 0 Å². The maximum absolute atomic E-state index is 12.5. The third-order valence-electron chi connectivity index (χ3n) is 4.36.